The Hall–Kier alpha value is -3.26. The number of hydrogen-bond donors (Lipinski definition) is 2. The van der Waals surface area contributed by atoms with Crippen LogP contribution in [0.5, 0.6) is 0 Å². The van der Waals surface area contributed by atoms with Gasteiger partial charge < -0.3 is 14.9 Å². The monoisotopic (exact) mass is 378 g/mol. The van der Waals surface area contributed by atoms with E-state index in [2.05, 4.69) is 25.5 Å². The van der Waals surface area contributed by atoms with Crippen molar-refractivity contribution in [2.45, 2.75) is 20.4 Å². The molecule has 0 aliphatic carbocycles. The second kappa shape index (κ2) is 7.16. The van der Waals surface area contributed by atoms with E-state index in [0.717, 1.165) is 34.2 Å². The predicted octanol–water partition coefficient (Wildman–Crippen LogP) is 3.98. The third-order valence-corrected chi connectivity index (χ3v) is 4.95. The second-order valence-electron chi connectivity index (χ2n) is 6.03. The van der Waals surface area contributed by atoms with E-state index < -0.39 is 0 Å². The molecule has 0 unspecified atom stereocenters. The molecule has 2 N–H and O–H groups in total. The lowest BCUT2D eigenvalue weighted by Crippen LogP contribution is -2.12. The Morgan fingerprint density at radius 3 is 2.96 bits per heavy atom. The van der Waals surface area contributed by atoms with E-state index in [4.69, 9.17) is 0 Å². The smallest absolute Gasteiger partial charge is 0.272 e. The lowest BCUT2D eigenvalue weighted by atomic mass is 10.2. The standard InChI is InChI=1S/C19H18N6OS/c1-3-25-11-21-24-18(25)13-5-4-6-15(7-13)23-19(26)16-8-14(9-20-16)17-10-27-12(2)22-17/h4-11,20H,3H2,1-2H3,(H,23,26). The van der Waals surface area contributed by atoms with Gasteiger partial charge in [-0.1, -0.05) is 12.1 Å². The Balaban J connectivity index is 1.53. The molecule has 8 heteroatoms. The molecule has 0 saturated carbocycles. The van der Waals surface area contributed by atoms with E-state index >= 15 is 0 Å². The van der Waals surface area contributed by atoms with E-state index in [1.165, 1.54) is 0 Å². The molecule has 27 heavy (non-hydrogen) atoms. The minimum Gasteiger partial charge on any atom is -0.357 e. The number of anilines is 1. The molecule has 4 rings (SSSR count). The fourth-order valence-corrected chi connectivity index (χ4v) is 3.44. The van der Waals surface area contributed by atoms with Crippen LogP contribution in [0.25, 0.3) is 22.6 Å². The fourth-order valence-electron chi connectivity index (χ4n) is 2.81. The Kier molecular flexibility index (Phi) is 4.55. The molecule has 0 spiro atoms. The molecule has 1 amide bonds. The topological polar surface area (TPSA) is 88.5 Å². The first-order valence-corrected chi connectivity index (χ1v) is 9.42. The molecule has 0 aliphatic rings. The SMILES string of the molecule is CCn1cnnc1-c1cccc(NC(=O)c2cc(-c3csc(C)n3)c[nH]2)c1. The average Bonchev–Trinajstić information content (AvgIpc) is 3.41. The summed E-state index contributed by atoms with van der Waals surface area (Å²) in [7, 11) is 0. The van der Waals surface area contributed by atoms with Gasteiger partial charge in [0.15, 0.2) is 5.82 Å². The number of thiazole rings is 1. The number of nitrogens with one attached hydrogen (secondary N) is 2. The third kappa shape index (κ3) is 3.52. The minimum atomic E-state index is -0.206. The number of rotatable bonds is 5. The number of hydrogen-bond acceptors (Lipinski definition) is 5. The second-order valence-corrected chi connectivity index (χ2v) is 7.09. The Morgan fingerprint density at radius 2 is 2.19 bits per heavy atom. The van der Waals surface area contributed by atoms with Gasteiger partial charge in [0, 0.05) is 34.9 Å². The normalized spacial score (nSPS) is 10.9. The largest absolute Gasteiger partial charge is 0.357 e. The number of aromatic amines is 1. The van der Waals surface area contributed by atoms with Gasteiger partial charge in [0.1, 0.15) is 12.0 Å². The number of aryl methyl sites for hydroxylation is 2. The zero-order chi connectivity index (χ0) is 18.8. The molecule has 0 saturated heterocycles. The first-order valence-electron chi connectivity index (χ1n) is 8.54. The Bertz CT molecular complexity index is 1090. The number of benzene rings is 1. The lowest BCUT2D eigenvalue weighted by Gasteiger charge is -2.07. The summed E-state index contributed by atoms with van der Waals surface area (Å²) in [5.74, 6) is 0.567. The number of amides is 1. The van der Waals surface area contributed by atoms with Crippen LogP contribution in [0.3, 0.4) is 0 Å². The van der Waals surface area contributed by atoms with Gasteiger partial charge in [-0.2, -0.15) is 0 Å². The first-order chi connectivity index (χ1) is 13.1. The maximum atomic E-state index is 12.6. The van der Waals surface area contributed by atoms with Gasteiger partial charge in [-0.05, 0) is 32.0 Å². The van der Waals surface area contributed by atoms with Gasteiger partial charge in [-0.15, -0.1) is 21.5 Å². The van der Waals surface area contributed by atoms with Crippen LogP contribution in [0.15, 0.2) is 48.2 Å². The summed E-state index contributed by atoms with van der Waals surface area (Å²) in [5, 5.41) is 14.0. The molecular formula is C19H18N6OS. The van der Waals surface area contributed by atoms with Crippen LogP contribution in [-0.4, -0.2) is 30.6 Å². The molecule has 0 radical (unpaired) electrons. The molecule has 3 aromatic heterocycles. The van der Waals surface area contributed by atoms with Crippen molar-refractivity contribution in [3.05, 3.63) is 58.9 Å². The van der Waals surface area contributed by atoms with Crippen molar-refractivity contribution in [2.75, 3.05) is 5.32 Å². The summed E-state index contributed by atoms with van der Waals surface area (Å²) >= 11 is 1.58. The number of carbonyl (C=O) groups excluding carboxylic acids is 1. The highest BCUT2D eigenvalue weighted by Gasteiger charge is 2.13. The summed E-state index contributed by atoms with van der Waals surface area (Å²) < 4.78 is 1.95. The van der Waals surface area contributed by atoms with Crippen LogP contribution >= 0.6 is 11.3 Å². The molecular weight excluding hydrogens is 360 g/mol. The summed E-state index contributed by atoms with van der Waals surface area (Å²) in [4.78, 5) is 20.1. The van der Waals surface area contributed by atoms with Gasteiger partial charge >= 0.3 is 0 Å². The van der Waals surface area contributed by atoms with Crippen LogP contribution in [0.1, 0.15) is 22.4 Å². The van der Waals surface area contributed by atoms with Crippen molar-refractivity contribution in [1.82, 2.24) is 24.7 Å². The van der Waals surface area contributed by atoms with Gasteiger partial charge in [-0.3, -0.25) is 4.79 Å². The van der Waals surface area contributed by atoms with Crippen molar-refractivity contribution in [3.8, 4) is 22.6 Å². The summed E-state index contributed by atoms with van der Waals surface area (Å²) in [6, 6.07) is 9.38. The Morgan fingerprint density at radius 1 is 1.30 bits per heavy atom. The third-order valence-electron chi connectivity index (χ3n) is 4.18. The van der Waals surface area contributed by atoms with E-state index in [1.54, 1.807) is 29.9 Å². The minimum absolute atomic E-state index is 0.206. The highest BCUT2D eigenvalue weighted by molar-refractivity contribution is 7.09. The van der Waals surface area contributed by atoms with Crippen LogP contribution in [0.2, 0.25) is 0 Å². The van der Waals surface area contributed by atoms with E-state index in [1.807, 2.05) is 48.1 Å². The predicted molar refractivity (Wildman–Crippen MR) is 106 cm³/mol. The molecule has 0 bridgehead atoms. The first kappa shape index (κ1) is 17.2. The van der Waals surface area contributed by atoms with Crippen molar-refractivity contribution in [3.63, 3.8) is 0 Å². The number of H-pyrrole nitrogens is 1. The van der Waals surface area contributed by atoms with E-state index in [9.17, 15) is 4.79 Å². The fraction of sp³-hybridized carbons (Fsp3) is 0.158. The lowest BCUT2D eigenvalue weighted by molar-refractivity contribution is 0.102. The molecule has 0 aliphatic heterocycles. The van der Waals surface area contributed by atoms with Crippen LogP contribution in [-0.2, 0) is 6.54 Å². The van der Waals surface area contributed by atoms with Gasteiger partial charge in [-0.25, -0.2) is 4.98 Å². The maximum Gasteiger partial charge on any atom is 0.272 e. The number of aromatic nitrogens is 5. The van der Waals surface area contributed by atoms with E-state index in [0.29, 0.717) is 11.4 Å². The Labute approximate surface area is 160 Å². The van der Waals surface area contributed by atoms with Crippen molar-refractivity contribution >= 4 is 22.9 Å². The maximum absolute atomic E-state index is 12.6. The summed E-state index contributed by atoms with van der Waals surface area (Å²) in [6.45, 7) is 4.77. The number of nitrogens with zero attached hydrogens (tertiary/aromatic N) is 4. The molecule has 7 nitrogen and oxygen atoms in total. The van der Waals surface area contributed by atoms with Crippen molar-refractivity contribution in [2.24, 2.45) is 0 Å². The zero-order valence-corrected chi connectivity index (χ0v) is 15.7. The van der Waals surface area contributed by atoms with Gasteiger partial charge in [0.2, 0.25) is 0 Å². The molecule has 0 fully saturated rings. The molecule has 0 atom stereocenters. The van der Waals surface area contributed by atoms with E-state index in [-0.39, 0.29) is 5.91 Å². The molecule has 136 valence electrons. The van der Waals surface area contributed by atoms with Gasteiger partial charge in [0.25, 0.3) is 5.91 Å². The highest BCUT2D eigenvalue weighted by Crippen LogP contribution is 2.24. The van der Waals surface area contributed by atoms with Crippen LogP contribution in [0, 0.1) is 6.92 Å². The molecule has 4 aromatic rings. The molecule has 1 aromatic carbocycles. The number of carbonyl (C=O) groups is 1. The summed E-state index contributed by atoms with van der Waals surface area (Å²) in [6.07, 6.45) is 3.49. The zero-order valence-electron chi connectivity index (χ0n) is 14.9. The summed E-state index contributed by atoms with van der Waals surface area (Å²) in [5.41, 5.74) is 3.85. The average molecular weight is 378 g/mol. The molecule has 3 heterocycles. The van der Waals surface area contributed by atoms with Gasteiger partial charge in [0.05, 0.1) is 10.7 Å². The van der Waals surface area contributed by atoms with Crippen LogP contribution in [0.4, 0.5) is 5.69 Å². The van der Waals surface area contributed by atoms with Crippen molar-refractivity contribution < 1.29 is 4.79 Å². The highest BCUT2D eigenvalue weighted by atomic mass is 32.1. The quantitative estimate of drug-likeness (QED) is 0.550. The van der Waals surface area contributed by atoms with Crippen molar-refractivity contribution in [1.29, 1.82) is 0 Å². The van der Waals surface area contributed by atoms with Crippen LogP contribution < -0.4 is 5.32 Å².